The molecule has 0 aliphatic heterocycles. The highest BCUT2D eigenvalue weighted by Gasteiger charge is 2.17. The number of aryl methyl sites for hydroxylation is 3. The molecule has 2 aromatic heterocycles. The highest BCUT2D eigenvalue weighted by atomic mass is 32.2. The van der Waals surface area contributed by atoms with Crippen molar-refractivity contribution < 1.29 is 18.7 Å². The van der Waals surface area contributed by atoms with Crippen molar-refractivity contribution in [3.63, 3.8) is 0 Å². The SMILES string of the molecule is Cc1cc2oc(=O)cc(COC(=O)c3ccccc3NC(=O)CSc3nccn3C)c2cc1C. The van der Waals surface area contributed by atoms with Gasteiger partial charge < -0.3 is 19.0 Å². The van der Waals surface area contributed by atoms with Gasteiger partial charge in [-0.3, -0.25) is 4.79 Å². The minimum absolute atomic E-state index is 0.110. The fourth-order valence-electron chi connectivity index (χ4n) is 3.40. The third-order valence-electron chi connectivity index (χ3n) is 5.33. The number of fused-ring (bicyclic) bond motifs is 1. The maximum absolute atomic E-state index is 12.9. The topological polar surface area (TPSA) is 103 Å². The second-order valence-corrected chi connectivity index (χ2v) is 8.75. The molecule has 2 aromatic carbocycles. The zero-order chi connectivity index (χ0) is 24.2. The van der Waals surface area contributed by atoms with Crippen LogP contribution in [0.15, 0.2) is 69.2 Å². The number of hydrogen-bond donors (Lipinski definition) is 1. The molecule has 2 heterocycles. The van der Waals surface area contributed by atoms with Crippen molar-refractivity contribution in [1.82, 2.24) is 9.55 Å². The zero-order valence-corrected chi connectivity index (χ0v) is 19.8. The van der Waals surface area contributed by atoms with E-state index in [9.17, 15) is 14.4 Å². The van der Waals surface area contributed by atoms with Gasteiger partial charge in [-0.05, 0) is 49.2 Å². The highest BCUT2D eigenvalue weighted by molar-refractivity contribution is 7.99. The molecule has 0 fully saturated rings. The van der Waals surface area contributed by atoms with Gasteiger partial charge in [-0.2, -0.15) is 0 Å². The molecule has 4 rings (SSSR count). The number of thioether (sulfide) groups is 1. The number of rotatable bonds is 7. The molecule has 0 atom stereocenters. The molecule has 174 valence electrons. The molecule has 4 aromatic rings. The van der Waals surface area contributed by atoms with Crippen LogP contribution in [0.3, 0.4) is 0 Å². The molecule has 0 bridgehead atoms. The van der Waals surface area contributed by atoms with Crippen LogP contribution in [0.2, 0.25) is 0 Å². The Bertz CT molecular complexity index is 1440. The fourth-order valence-corrected chi connectivity index (χ4v) is 4.13. The minimum atomic E-state index is -0.613. The Hall–Kier alpha value is -3.85. The van der Waals surface area contributed by atoms with E-state index < -0.39 is 11.6 Å². The molecule has 1 amide bonds. The van der Waals surface area contributed by atoms with Crippen LogP contribution < -0.4 is 10.9 Å². The Morgan fingerprint density at radius 3 is 2.68 bits per heavy atom. The molecule has 0 spiro atoms. The summed E-state index contributed by atoms with van der Waals surface area (Å²) in [5.74, 6) is -0.748. The first-order chi connectivity index (χ1) is 16.3. The van der Waals surface area contributed by atoms with Crippen molar-refractivity contribution in [3.05, 3.63) is 87.5 Å². The van der Waals surface area contributed by atoms with E-state index in [2.05, 4.69) is 10.3 Å². The molecular weight excluding hydrogens is 454 g/mol. The normalized spacial score (nSPS) is 10.9. The summed E-state index contributed by atoms with van der Waals surface area (Å²) < 4.78 is 12.6. The van der Waals surface area contributed by atoms with Gasteiger partial charge in [0.1, 0.15) is 12.2 Å². The lowest BCUT2D eigenvalue weighted by molar-refractivity contribution is -0.113. The predicted molar refractivity (Wildman–Crippen MR) is 130 cm³/mol. The lowest BCUT2D eigenvalue weighted by Gasteiger charge is -2.12. The van der Waals surface area contributed by atoms with Gasteiger partial charge in [0, 0.05) is 36.5 Å². The number of amides is 1. The lowest BCUT2D eigenvalue weighted by atomic mass is 10.0. The number of imidazole rings is 1. The second kappa shape index (κ2) is 9.96. The molecule has 1 N–H and O–H groups in total. The minimum Gasteiger partial charge on any atom is -0.457 e. The Morgan fingerprint density at radius 2 is 1.91 bits per heavy atom. The standard InChI is InChI=1S/C25H23N3O5S/c1-15-10-19-17(12-23(30)33-21(19)11-16(15)2)13-32-24(31)18-6-4-5-7-20(18)27-22(29)14-34-25-26-8-9-28(25)3/h4-12H,13-14H2,1-3H3,(H,27,29). The molecule has 0 aliphatic carbocycles. The van der Waals surface area contributed by atoms with Crippen molar-refractivity contribution in [3.8, 4) is 0 Å². The molecule has 0 saturated carbocycles. The number of esters is 1. The van der Waals surface area contributed by atoms with E-state index >= 15 is 0 Å². The summed E-state index contributed by atoms with van der Waals surface area (Å²) in [6.07, 6.45) is 3.46. The lowest BCUT2D eigenvalue weighted by Crippen LogP contribution is -2.17. The van der Waals surface area contributed by atoms with Crippen LogP contribution in [-0.2, 0) is 23.2 Å². The van der Waals surface area contributed by atoms with Crippen molar-refractivity contribution >= 4 is 40.3 Å². The molecule has 8 nitrogen and oxygen atoms in total. The number of para-hydroxylation sites is 1. The number of nitrogens with zero attached hydrogens (tertiary/aromatic N) is 2. The summed E-state index contributed by atoms with van der Waals surface area (Å²) in [5, 5.41) is 4.19. The van der Waals surface area contributed by atoms with Gasteiger partial charge in [0.15, 0.2) is 5.16 Å². The summed E-state index contributed by atoms with van der Waals surface area (Å²) in [6, 6.07) is 11.7. The van der Waals surface area contributed by atoms with Gasteiger partial charge in [0.05, 0.1) is 17.0 Å². The quantitative estimate of drug-likeness (QED) is 0.241. The molecule has 34 heavy (non-hydrogen) atoms. The largest absolute Gasteiger partial charge is 0.457 e. The Balaban J connectivity index is 1.47. The average Bonchev–Trinajstić information content (AvgIpc) is 3.22. The van der Waals surface area contributed by atoms with Crippen LogP contribution in [0.4, 0.5) is 5.69 Å². The number of benzene rings is 2. The van der Waals surface area contributed by atoms with E-state index in [4.69, 9.17) is 9.15 Å². The molecular formula is C25H23N3O5S. The maximum atomic E-state index is 12.9. The first-order valence-electron chi connectivity index (χ1n) is 10.5. The maximum Gasteiger partial charge on any atom is 0.340 e. The number of carbonyl (C=O) groups excluding carboxylic acids is 2. The molecule has 0 radical (unpaired) electrons. The van der Waals surface area contributed by atoms with Crippen LogP contribution in [0.1, 0.15) is 27.0 Å². The van der Waals surface area contributed by atoms with Crippen LogP contribution in [0.5, 0.6) is 0 Å². The predicted octanol–water partition coefficient (Wildman–Crippen LogP) is 4.23. The Labute approximate surface area is 199 Å². The number of nitrogens with one attached hydrogen (secondary N) is 1. The van der Waals surface area contributed by atoms with E-state index in [1.807, 2.05) is 31.5 Å². The van der Waals surface area contributed by atoms with Gasteiger partial charge in [-0.15, -0.1) is 0 Å². The van der Waals surface area contributed by atoms with Crippen LogP contribution in [0, 0.1) is 13.8 Å². The van der Waals surface area contributed by atoms with E-state index in [0.717, 1.165) is 11.1 Å². The average molecular weight is 478 g/mol. The number of ether oxygens (including phenoxy) is 1. The Morgan fingerprint density at radius 1 is 1.15 bits per heavy atom. The van der Waals surface area contributed by atoms with E-state index in [-0.39, 0.29) is 23.8 Å². The molecule has 9 heteroatoms. The van der Waals surface area contributed by atoms with Gasteiger partial charge in [-0.1, -0.05) is 23.9 Å². The summed E-state index contributed by atoms with van der Waals surface area (Å²) in [5.41, 5.74) is 3.08. The molecule has 0 aliphatic rings. The number of hydrogen-bond acceptors (Lipinski definition) is 7. The monoisotopic (exact) mass is 477 g/mol. The number of aromatic nitrogens is 2. The zero-order valence-electron chi connectivity index (χ0n) is 19.0. The first-order valence-corrected chi connectivity index (χ1v) is 11.5. The summed E-state index contributed by atoms with van der Waals surface area (Å²) in [7, 11) is 1.85. The summed E-state index contributed by atoms with van der Waals surface area (Å²) in [6.45, 7) is 3.78. The van der Waals surface area contributed by atoms with Crippen molar-refractivity contribution in [2.45, 2.75) is 25.6 Å². The van der Waals surface area contributed by atoms with Gasteiger partial charge in [0.2, 0.25) is 5.91 Å². The van der Waals surface area contributed by atoms with Crippen LogP contribution in [-0.4, -0.2) is 27.2 Å². The molecule has 0 unspecified atom stereocenters. The van der Waals surface area contributed by atoms with Gasteiger partial charge >= 0.3 is 11.6 Å². The summed E-state index contributed by atoms with van der Waals surface area (Å²) >= 11 is 1.29. The number of anilines is 1. The smallest absolute Gasteiger partial charge is 0.340 e. The third-order valence-corrected chi connectivity index (χ3v) is 6.39. The van der Waals surface area contributed by atoms with E-state index in [1.165, 1.54) is 17.8 Å². The van der Waals surface area contributed by atoms with Crippen LogP contribution in [0.25, 0.3) is 11.0 Å². The van der Waals surface area contributed by atoms with E-state index in [1.54, 1.807) is 42.7 Å². The third kappa shape index (κ3) is 5.20. The fraction of sp³-hybridized carbons (Fsp3) is 0.200. The van der Waals surface area contributed by atoms with E-state index in [0.29, 0.717) is 27.4 Å². The van der Waals surface area contributed by atoms with Gasteiger partial charge in [-0.25, -0.2) is 14.6 Å². The van der Waals surface area contributed by atoms with Crippen molar-refractivity contribution in [2.24, 2.45) is 7.05 Å². The van der Waals surface area contributed by atoms with Gasteiger partial charge in [0.25, 0.3) is 0 Å². The Kier molecular flexibility index (Phi) is 6.83. The first kappa shape index (κ1) is 23.3. The van der Waals surface area contributed by atoms with Crippen LogP contribution >= 0.6 is 11.8 Å². The second-order valence-electron chi connectivity index (χ2n) is 7.80. The number of carbonyl (C=O) groups is 2. The van der Waals surface area contributed by atoms with Crippen molar-refractivity contribution in [2.75, 3.05) is 11.1 Å². The molecule has 0 saturated heterocycles. The highest BCUT2D eigenvalue weighted by Crippen LogP contribution is 2.23. The summed E-state index contributed by atoms with van der Waals surface area (Å²) in [4.78, 5) is 41.5. The van der Waals surface area contributed by atoms with Crippen molar-refractivity contribution in [1.29, 1.82) is 0 Å².